The monoisotopic (exact) mass is 396 g/mol. The molecule has 2 rings (SSSR count). The number of carboxylic acids is 1. The summed E-state index contributed by atoms with van der Waals surface area (Å²) in [7, 11) is 0. The molecular weight excluding hydrogens is 383 g/mol. The number of aromatic carboxylic acids is 1. The fraction of sp³-hybridized carbons (Fsp3) is 0.125. The molecule has 0 amide bonds. The van der Waals surface area contributed by atoms with Crippen LogP contribution in [0.2, 0.25) is 0 Å². The molecule has 2 aromatic rings. The molecule has 4 nitrogen and oxygen atoms in total. The molecule has 108 valence electrons. The van der Waals surface area contributed by atoms with Gasteiger partial charge in [-0.15, -0.1) is 0 Å². The Labute approximate surface area is 135 Å². The van der Waals surface area contributed by atoms with E-state index in [0.717, 1.165) is 3.57 Å². The highest BCUT2D eigenvalue weighted by Gasteiger charge is 2.10. The van der Waals surface area contributed by atoms with Crippen molar-refractivity contribution in [3.63, 3.8) is 0 Å². The molecule has 5 heteroatoms. The van der Waals surface area contributed by atoms with Gasteiger partial charge < -0.3 is 9.84 Å². The molecule has 0 saturated heterocycles. The van der Waals surface area contributed by atoms with Gasteiger partial charge in [0, 0.05) is 14.7 Å². The number of carboxylic acid groups (broad SMARTS) is 1. The van der Waals surface area contributed by atoms with Crippen molar-refractivity contribution in [2.24, 2.45) is 0 Å². The zero-order valence-electron chi connectivity index (χ0n) is 11.3. The number of rotatable bonds is 5. The van der Waals surface area contributed by atoms with E-state index in [0.29, 0.717) is 16.9 Å². The van der Waals surface area contributed by atoms with E-state index >= 15 is 0 Å². The minimum absolute atomic E-state index is 0.00201. The Morgan fingerprint density at radius 1 is 1.14 bits per heavy atom. The first-order valence-electron chi connectivity index (χ1n) is 6.23. The minimum atomic E-state index is -0.976. The van der Waals surface area contributed by atoms with Crippen LogP contribution in [0, 0.1) is 3.57 Å². The number of carbonyl (C=O) groups excluding carboxylic acids is 1. The largest absolute Gasteiger partial charge is 0.489 e. The predicted molar refractivity (Wildman–Crippen MR) is 86.9 cm³/mol. The van der Waals surface area contributed by atoms with E-state index in [9.17, 15) is 9.59 Å². The Hall–Kier alpha value is -1.89. The van der Waals surface area contributed by atoms with E-state index < -0.39 is 5.97 Å². The SMILES string of the molecule is CC(=O)c1ccc(OCc2ccccc2C(=O)O)cc1I. The summed E-state index contributed by atoms with van der Waals surface area (Å²) in [5.41, 5.74) is 1.48. The highest BCUT2D eigenvalue weighted by Crippen LogP contribution is 2.21. The summed E-state index contributed by atoms with van der Waals surface area (Å²) >= 11 is 2.08. The molecule has 21 heavy (non-hydrogen) atoms. The second-order valence-corrected chi connectivity index (χ2v) is 5.61. The Morgan fingerprint density at radius 3 is 2.48 bits per heavy atom. The third-order valence-corrected chi connectivity index (χ3v) is 3.85. The van der Waals surface area contributed by atoms with Gasteiger partial charge in [0.05, 0.1) is 5.56 Å². The molecule has 0 aliphatic rings. The normalized spacial score (nSPS) is 10.2. The standard InChI is InChI=1S/C16H13IO4/c1-10(18)13-7-6-12(8-15(13)17)21-9-11-4-2-3-5-14(11)16(19)20/h2-8H,9H2,1H3,(H,19,20). The number of ketones is 1. The van der Waals surface area contributed by atoms with E-state index in [2.05, 4.69) is 22.6 Å². The van der Waals surface area contributed by atoms with E-state index in [1.807, 2.05) is 0 Å². The lowest BCUT2D eigenvalue weighted by Crippen LogP contribution is -2.05. The number of benzene rings is 2. The van der Waals surface area contributed by atoms with Gasteiger partial charge in [0.1, 0.15) is 12.4 Å². The average molecular weight is 396 g/mol. The second-order valence-electron chi connectivity index (χ2n) is 4.45. The summed E-state index contributed by atoms with van der Waals surface area (Å²) in [5, 5.41) is 9.11. The molecular formula is C16H13IO4. The number of ether oxygens (including phenoxy) is 1. The molecule has 0 radical (unpaired) electrons. The molecule has 0 unspecified atom stereocenters. The van der Waals surface area contributed by atoms with Crippen LogP contribution in [0.4, 0.5) is 0 Å². The first-order chi connectivity index (χ1) is 9.99. The Morgan fingerprint density at radius 2 is 1.86 bits per heavy atom. The molecule has 0 bridgehead atoms. The highest BCUT2D eigenvalue weighted by atomic mass is 127. The fourth-order valence-corrected chi connectivity index (χ4v) is 2.75. The number of hydrogen-bond acceptors (Lipinski definition) is 3. The molecule has 2 aromatic carbocycles. The molecule has 1 N–H and O–H groups in total. The first-order valence-corrected chi connectivity index (χ1v) is 7.31. The van der Waals surface area contributed by atoms with E-state index in [-0.39, 0.29) is 18.0 Å². The van der Waals surface area contributed by atoms with Gasteiger partial charge >= 0.3 is 5.97 Å². The molecule has 0 fully saturated rings. The number of carbonyl (C=O) groups is 2. The van der Waals surface area contributed by atoms with Crippen LogP contribution >= 0.6 is 22.6 Å². The third-order valence-electron chi connectivity index (χ3n) is 2.96. The van der Waals surface area contributed by atoms with E-state index in [4.69, 9.17) is 9.84 Å². The molecule has 0 aliphatic heterocycles. The van der Waals surface area contributed by atoms with E-state index in [1.165, 1.54) is 6.92 Å². The Kier molecular flexibility index (Phi) is 4.95. The lowest BCUT2D eigenvalue weighted by atomic mass is 10.1. The average Bonchev–Trinajstić information content (AvgIpc) is 2.45. The van der Waals surface area contributed by atoms with Gasteiger partial charge in [0.2, 0.25) is 0 Å². The van der Waals surface area contributed by atoms with Gasteiger partial charge in [-0.2, -0.15) is 0 Å². The number of hydrogen-bond donors (Lipinski definition) is 1. The van der Waals surface area contributed by atoms with Gasteiger partial charge in [-0.3, -0.25) is 4.79 Å². The maximum absolute atomic E-state index is 11.4. The van der Waals surface area contributed by atoms with Gasteiger partial charge in [0.25, 0.3) is 0 Å². The van der Waals surface area contributed by atoms with Crippen molar-refractivity contribution in [1.29, 1.82) is 0 Å². The zero-order chi connectivity index (χ0) is 15.4. The minimum Gasteiger partial charge on any atom is -0.489 e. The summed E-state index contributed by atoms with van der Waals surface area (Å²) in [6, 6.07) is 11.9. The van der Waals surface area contributed by atoms with Gasteiger partial charge in [-0.25, -0.2) is 4.79 Å². The molecule has 0 saturated carbocycles. The molecule has 0 aliphatic carbocycles. The summed E-state index contributed by atoms with van der Waals surface area (Å²) < 4.78 is 6.43. The quantitative estimate of drug-likeness (QED) is 0.618. The summed E-state index contributed by atoms with van der Waals surface area (Å²) in [6.45, 7) is 1.68. The zero-order valence-corrected chi connectivity index (χ0v) is 13.5. The Balaban J connectivity index is 2.16. The lowest BCUT2D eigenvalue weighted by Gasteiger charge is -2.10. The molecule has 0 heterocycles. The first kappa shape index (κ1) is 15.5. The smallest absolute Gasteiger partial charge is 0.336 e. The molecule has 0 atom stereocenters. The van der Waals surface area contributed by atoms with Crippen molar-refractivity contribution >= 4 is 34.3 Å². The maximum Gasteiger partial charge on any atom is 0.336 e. The maximum atomic E-state index is 11.4. The van der Waals surface area contributed by atoms with Crippen LogP contribution in [0.3, 0.4) is 0 Å². The Bertz CT molecular complexity index is 694. The van der Waals surface area contributed by atoms with Crippen molar-refractivity contribution in [1.82, 2.24) is 0 Å². The molecule has 0 spiro atoms. The van der Waals surface area contributed by atoms with Crippen LogP contribution in [0.5, 0.6) is 5.75 Å². The van der Waals surface area contributed by atoms with Crippen molar-refractivity contribution in [2.45, 2.75) is 13.5 Å². The van der Waals surface area contributed by atoms with Crippen molar-refractivity contribution in [3.8, 4) is 5.75 Å². The van der Waals surface area contributed by atoms with Crippen LogP contribution in [-0.4, -0.2) is 16.9 Å². The van der Waals surface area contributed by atoms with Gasteiger partial charge in [0.15, 0.2) is 5.78 Å². The van der Waals surface area contributed by atoms with Crippen LogP contribution in [0.25, 0.3) is 0 Å². The summed E-state index contributed by atoms with van der Waals surface area (Å²) in [4.78, 5) is 22.5. The lowest BCUT2D eigenvalue weighted by molar-refractivity contribution is 0.0693. The van der Waals surface area contributed by atoms with Crippen LogP contribution in [0.1, 0.15) is 33.2 Å². The van der Waals surface area contributed by atoms with Crippen molar-refractivity contribution in [3.05, 3.63) is 62.7 Å². The van der Waals surface area contributed by atoms with Crippen LogP contribution < -0.4 is 4.74 Å². The van der Waals surface area contributed by atoms with Gasteiger partial charge in [-0.05, 0) is 53.8 Å². The van der Waals surface area contributed by atoms with Crippen LogP contribution in [0.15, 0.2) is 42.5 Å². The summed E-state index contributed by atoms with van der Waals surface area (Å²) in [5.74, 6) is -0.373. The number of Topliss-reactive ketones (excluding diaryl/α,β-unsaturated/α-hetero) is 1. The van der Waals surface area contributed by atoms with E-state index in [1.54, 1.807) is 42.5 Å². The summed E-state index contributed by atoms with van der Waals surface area (Å²) in [6.07, 6.45) is 0. The molecule has 0 aromatic heterocycles. The number of halogens is 1. The van der Waals surface area contributed by atoms with Crippen molar-refractivity contribution in [2.75, 3.05) is 0 Å². The highest BCUT2D eigenvalue weighted by molar-refractivity contribution is 14.1. The second kappa shape index (κ2) is 6.71. The fourth-order valence-electron chi connectivity index (χ4n) is 1.89. The van der Waals surface area contributed by atoms with Crippen LogP contribution in [-0.2, 0) is 6.61 Å². The van der Waals surface area contributed by atoms with Gasteiger partial charge in [-0.1, -0.05) is 18.2 Å². The van der Waals surface area contributed by atoms with Crippen molar-refractivity contribution < 1.29 is 19.4 Å². The topological polar surface area (TPSA) is 63.6 Å². The third kappa shape index (κ3) is 3.81. The predicted octanol–water partition coefficient (Wildman–Crippen LogP) is 3.77.